The fraction of sp³-hybridized carbons (Fsp3) is 0.900. The molecule has 5 heteroatoms. The molecule has 0 rings (SSSR count). The molecule has 0 fully saturated rings. The SMILES string of the molecule is CC(C)(C)CCCCCC(=O)O.CC(C)(C)CCCCCC(=O)O.[Cr]. The van der Waals surface area contributed by atoms with Gasteiger partial charge in [0, 0.05) is 30.2 Å². The Kier molecular flexibility index (Phi) is 18.4. The van der Waals surface area contributed by atoms with Gasteiger partial charge in [-0.3, -0.25) is 9.59 Å². The minimum atomic E-state index is -0.675. The zero-order chi connectivity index (χ0) is 19.2. The Morgan fingerprint density at radius 3 is 1.08 bits per heavy atom. The molecule has 25 heavy (non-hydrogen) atoms. The molecule has 0 aromatic rings. The van der Waals surface area contributed by atoms with Gasteiger partial charge in [-0.15, -0.1) is 0 Å². The molecule has 0 radical (unpaired) electrons. The van der Waals surface area contributed by atoms with Gasteiger partial charge in [0.05, 0.1) is 0 Å². The first kappa shape index (κ1) is 29.2. The van der Waals surface area contributed by atoms with E-state index in [0.29, 0.717) is 23.7 Å². The monoisotopic (exact) mass is 396 g/mol. The Hall–Kier alpha value is -0.528. The van der Waals surface area contributed by atoms with Gasteiger partial charge in [-0.2, -0.15) is 0 Å². The van der Waals surface area contributed by atoms with Gasteiger partial charge in [0.15, 0.2) is 0 Å². The van der Waals surface area contributed by atoms with E-state index in [4.69, 9.17) is 10.2 Å². The summed E-state index contributed by atoms with van der Waals surface area (Å²) in [6, 6.07) is 0. The molecule has 0 atom stereocenters. The van der Waals surface area contributed by atoms with Crippen molar-refractivity contribution in [3.8, 4) is 0 Å². The predicted octanol–water partition coefficient (Wildman–Crippen LogP) is 6.13. The summed E-state index contributed by atoms with van der Waals surface area (Å²) in [7, 11) is 0. The molecule has 0 amide bonds. The van der Waals surface area contributed by atoms with Gasteiger partial charge >= 0.3 is 11.9 Å². The molecule has 0 bridgehead atoms. The summed E-state index contributed by atoms with van der Waals surface area (Å²) in [4.78, 5) is 20.3. The van der Waals surface area contributed by atoms with Gasteiger partial charge in [0.2, 0.25) is 0 Å². The number of unbranched alkanes of at least 4 members (excludes halogenated alkanes) is 4. The second-order valence-electron chi connectivity index (χ2n) is 9.03. The summed E-state index contributed by atoms with van der Waals surface area (Å²) in [6.45, 7) is 13.3. The van der Waals surface area contributed by atoms with Crippen LogP contribution in [0.1, 0.15) is 106 Å². The topological polar surface area (TPSA) is 74.6 Å². The van der Waals surface area contributed by atoms with Crippen molar-refractivity contribution in [2.24, 2.45) is 10.8 Å². The second-order valence-corrected chi connectivity index (χ2v) is 9.03. The normalized spacial score (nSPS) is 11.1. The molecule has 0 aliphatic rings. The van der Waals surface area contributed by atoms with Gasteiger partial charge in [0.25, 0.3) is 0 Å². The zero-order valence-corrected chi connectivity index (χ0v) is 18.5. The number of carbonyl (C=O) groups is 2. The van der Waals surface area contributed by atoms with Gasteiger partial charge in [-0.25, -0.2) is 0 Å². The molecule has 0 aliphatic carbocycles. The number of rotatable bonds is 10. The fourth-order valence-electron chi connectivity index (χ4n) is 2.22. The maximum absolute atomic E-state index is 10.2. The Labute approximate surface area is 165 Å². The Bertz CT molecular complexity index is 307. The Morgan fingerprint density at radius 1 is 0.600 bits per heavy atom. The van der Waals surface area contributed by atoms with E-state index < -0.39 is 11.9 Å². The van der Waals surface area contributed by atoms with Crippen molar-refractivity contribution in [1.82, 2.24) is 0 Å². The van der Waals surface area contributed by atoms with Crippen molar-refractivity contribution in [3.05, 3.63) is 0 Å². The second kappa shape index (κ2) is 15.7. The standard InChI is InChI=1S/2C10H20O2.Cr/c2*1-10(2,3)8-6-4-5-7-9(11)12;/h2*4-8H2,1-3H3,(H,11,12);. The molecule has 0 heterocycles. The summed E-state index contributed by atoms with van der Waals surface area (Å²) < 4.78 is 0. The predicted molar refractivity (Wildman–Crippen MR) is 100 cm³/mol. The minimum Gasteiger partial charge on any atom is -0.481 e. The van der Waals surface area contributed by atoms with Crippen LogP contribution in [0, 0.1) is 10.8 Å². The Morgan fingerprint density at radius 2 is 0.880 bits per heavy atom. The molecule has 0 aromatic heterocycles. The summed E-state index contributed by atoms with van der Waals surface area (Å²) in [5.41, 5.74) is 0.784. The number of hydrogen-bond acceptors (Lipinski definition) is 2. The van der Waals surface area contributed by atoms with E-state index in [9.17, 15) is 9.59 Å². The molecule has 0 aliphatic heterocycles. The van der Waals surface area contributed by atoms with E-state index in [-0.39, 0.29) is 17.4 Å². The van der Waals surface area contributed by atoms with Crippen LogP contribution in [0.3, 0.4) is 0 Å². The van der Waals surface area contributed by atoms with Crippen LogP contribution in [-0.2, 0) is 27.0 Å². The molecule has 4 nitrogen and oxygen atoms in total. The van der Waals surface area contributed by atoms with E-state index >= 15 is 0 Å². The molecule has 0 spiro atoms. The Balaban J connectivity index is -0.000000372. The largest absolute Gasteiger partial charge is 0.481 e. The summed E-state index contributed by atoms with van der Waals surface area (Å²) in [5.74, 6) is -1.35. The zero-order valence-electron chi connectivity index (χ0n) is 17.2. The van der Waals surface area contributed by atoms with Crippen molar-refractivity contribution in [2.45, 2.75) is 106 Å². The van der Waals surface area contributed by atoms with Crippen LogP contribution in [0.5, 0.6) is 0 Å². The van der Waals surface area contributed by atoms with Gasteiger partial charge in [-0.1, -0.05) is 67.2 Å². The van der Waals surface area contributed by atoms with Crippen molar-refractivity contribution < 1.29 is 37.2 Å². The maximum atomic E-state index is 10.2. The number of aliphatic carboxylic acids is 2. The molecule has 0 unspecified atom stereocenters. The number of carboxylic acid groups (broad SMARTS) is 2. The summed E-state index contributed by atoms with van der Waals surface area (Å²) in [6.07, 6.45) is 9.06. The van der Waals surface area contributed by atoms with Crippen LogP contribution < -0.4 is 0 Å². The molecule has 0 saturated carbocycles. The van der Waals surface area contributed by atoms with Gasteiger partial charge in [0.1, 0.15) is 0 Å². The third kappa shape index (κ3) is 35.4. The van der Waals surface area contributed by atoms with Gasteiger partial charge < -0.3 is 10.2 Å². The van der Waals surface area contributed by atoms with Crippen molar-refractivity contribution in [2.75, 3.05) is 0 Å². The molecule has 0 saturated heterocycles. The smallest absolute Gasteiger partial charge is 0.303 e. The average Bonchev–Trinajstić information content (AvgIpc) is 2.35. The van der Waals surface area contributed by atoms with Crippen LogP contribution in [0.2, 0.25) is 0 Å². The van der Waals surface area contributed by atoms with Crippen LogP contribution in [-0.4, -0.2) is 22.2 Å². The van der Waals surface area contributed by atoms with Crippen LogP contribution in [0.15, 0.2) is 0 Å². The minimum absolute atomic E-state index is 0. The first-order valence-electron chi connectivity index (χ1n) is 9.27. The maximum Gasteiger partial charge on any atom is 0.303 e. The molecule has 2 N–H and O–H groups in total. The molecule has 0 aromatic carbocycles. The summed E-state index contributed by atoms with van der Waals surface area (Å²) >= 11 is 0. The fourth-order valence-corrected chi connectivity index (χ4v) is 2.22. The van der Waals surface area contributed by atoms with Crippen molar-refractivity contribution in [3.63, 3.8) is 0 Å². The van der Waals surface area contributed by atoms with E-state index in [1.54, 1.807) is 0 Å². The van der Waals surface area contributed by atoms with Gasteiger partial charge in [-0.05, 0) is 36.5 Å². The van der Waals surface area contributed by atoms with E-state index in [0.717, 1.165) is 38.5 Å². The first-order valence-corrected chi connectivity index (χ1v) is 9.27. The van der Waals surface area contributed by atoms with Crippen LogP contribution in [0.25, 0.3) is 0 Å². The number of carboxylic acids is 2. The summed E-state index contributed by atoms with van der Waals surface area (Å²) in [5, 5.41) is 16.7. The average molecular weight is 397 g/mol. The third-order valence-corrected chi connectivity index (χ3v) is 3.63. The first-order chi connectivity index (χ1) is 10.8. The van der Waals surface area contributed by atoms with Crippen molar-refractivity contribution >= 4 is 11.9 Å². The van der Waals surface area contributed by atoms with E-state index in [2.05, 4.69) is 41.5 Å². The third-order valence-electron chi connectivity index (χ3n) is 3.63. The van der Waals surface area contributed by atoms with Crippen LogP contribution >= 0.6 is 0 Å². The van der Waals surface area contributed by atoms with E-state index in [1.165, 1.54) is 12.8 Å². The number of hydrogen-bond donors (Lipinski definition) is 2. The van der Waals surface area contributed by atoms with Crippen molar-refractivity contribution in [1.29, 1.82) is 0 Å². The van der Waals surface area contributed by atoms with Crippen LogP contribution in [0.4, 0.5) is 0 Å². The molecule has 150 valence electrons. The molecular weight excluding hydrogens is 356 g/mol. The van der Waals surface area contributed by atoms with E-state index in [1.807, 2.05) is 0 Å². The molecular formula is C20H40CrO4. The quantitative estimate of drug-likeness (QED) is 0.435.